The zero-order valence-electron chi connectivity index (χ0n) is 14.8. The van der Waals surface area contributed by atoms with Gasteiger partial charge in [0.2, 0.25) is 0 Å². The molecule has 1 aromatic rings. The number of nitrogens with one attached hydrogen (secondary N) is 2. The Labute approximate surface area is 175 Å². The van der Waals surface area contributed by atoms with Gasteiger partial charge in [0.15, 0.2) is 5.96 Å². The zero-order valence-corrected chi connectivity index (χ0v) is 18.7. The number of guanidine groups is 1. The first-order valence-electron chi connectivity index (χ1n) is 8.20. The third kappa shape index (κ3) is 11.7. The van der Waals surface area contributed by atoms with Crippen molar-refractivity contribution >= 4 is 45.9 Å². The Bertz CT molecular complexity index is 507. The SMILES string of the molecule is CCNC(=NCCCOCCOC)NCCc1ccc(F)c(Br)c1.I. The van der Waals surface area contributed by atoms with Gasteiger partial charge in [-0.3, -0.25) is 4.99 Å². The molecule has 0 saturated carbocycles. The van der Waals surface area contributed by atoms with E-state index in [1.165, 1.54) is 6.07 Å². The van der Waals surface area contributed by atoms with Crippen LogP contribution in [0.3, 0.4) is 0 Å². The lowest BCUT2D eigenvalue weighted by molar-refractivity contribution is 0.0702. The van der Waals surface area contributed by atoms with E-state index in [-0.39, 0.29) is 29.8 Å². The number of hydrogen-bond acceptors (Lipinski definition) is 3. The van der Waals surface area contributed by atoms with Gasteiger partial charge < -0.3 is 20.1 Å². The molecule has 0 amide bonds. The number of halogens is 3. The highest BCUT2D eigenvalue weighted by molar-refractivity contribution is 14.0. The molecular weight excluding hydrogens is 504 g/mol. The Kier molecular flexibility index (Phi) is 15.5. The molecule has 0 unspecified atom stereocenters. The van der Waals surface area contributed by atoms with Gasteiger partial charge >= 0.3 is 0 Å². The van der Waals surface area contributed by atoms with E-state index in [0.29, 0.717) is 30.8 Å². The third-order valence-electron chi connectivity index (χ3n) is 3.18. The number of benzene rings is 1. The molecule has 0 heterocycles. The van der Waals surface area contributed by atoms with Gasteiger partial charge in [-0.1, -0.05) is 6.07 Å². The predicted octanol–water partition coefficient (Wildman–Crippen LogP) is 3.36. The van der Waals surface area contributed by atoms with Gasteiger partial charge in [-0.15, -0.1) is 24.0 Å². The van der Waals surface area contributed by atoms with E-state index in [0.717, 1.165) is 37.5 Å². The molecule has 1 aromatic carbocycles. The smallest absolute Gasteiger partial charge is 0.191 e. The number of hydrogen-bond donors (Lipinski definition) is 2. The van der Waals surface area contributed by atoms with Crippen molar-refractivity contribution in [3.8, 4) is 0 Å². The van der Waals surface area contributed by atoms with E-state index in [4.69, 9.17) is 9.47 Å². The molecule has 0 radical (unpaired) electrons. The van der Waals surface area contributed by atoms with Crippen molar-refractivity contribution < 1.29 is 13.9 Å². The summed E-state index contributed by atoms with van der Waals surface area (Å²) in [6, 6.07) is 5.07. The third-order valence-corrected chi connectivity index (χ3v) is 3.79. The van der Waals surface area contributed by atoms with Crippen LogP contribution in [0, 0.1) is 5.82 Å². The summed E-state index contributed by atoms with van der Waals surface area (Å²) in [6.07, 6.45) is 1.66. The molecule has 0 bridgehead atoms. The number of ether oxygens (including phenoxy) is 2. The summed E-state index contributed by atoms with van der Waals surface area (Å²) >= 11 is 3.21. The van der Waals surface area contributed by atoms with Gasteiger partial charge in [0.1, 0.15) is 5.82 Å². The largest absolute Gasteiger partial charge is 0.382 e. The minimum atomic E-state index is -0.241. The van der Waals surface area contributed by atoms with E-state index in [9.17, 15) is 4.39 Å². The van der Waals surface area contributed by atoms with Crippen LogP contribution < -0.4 is 10.6 Å². The van der Waals surface area contributed by atoms with Crippen molar-refractivity contribution in [1.29, 1.82) is 0 Å². The Balaban J connectivity index is 0.00000576. The summed E-state index contributed by atoms with van der Waals surface area (Å²) in [5, 5.41) is 6.49. The molecule has 0 aliphatic heterocycles. The fraction of sp³-hybridized carbons (Fsp3) is 0.588. The van der Waals surface area contributed by atoms with Crippen molar-refractivity contribution in [3.63, 3.8) is 0 Å². The summed E-state index contributed by atoms with van der Waals surface area (Å²) in [4.78, 5) is 4.51. The lowest BCUT2D eigenvalue weighted by Crippen LogP contribution is -2.38. The second-order valence-electron chi connectivity index (χ2n) is 5.14. The molecule has 0 aliphatic rings. The normalized spacial score (nSPS) is 11.1. The number of methoxy groups -OCH3 is 1. The summed E-state index contributed by atoms with van der Waals surface area (Å²) in [5.74, 6) is 0.546. The van der Waals surface area contributed by atoms with Crippen LogP contribution in [0.2, 0.25) is 0 Å². The maximum atomic E-state index is 13.2. The summed E-state index contributed by atoms with van der Waals surface area (Å²) in [7, 11) is 1.66. The Hall–Kier alpha value is -0.450. The summed E-state index contributed by atoms with van der Waals surface area (Å²) < 4.78 is 24.0. The number of nitrogens with zero attached hydrogens (tertiary/aromatic N) is 1. The second-order valence-corrected chi connectivity index (χ2v) is 6.00. The molecule has 0 spiro atoms. The van der Waals surface area contributed by atoms with Crippen molar-refractivity contribution in [2.45, 2.75) is 19.8 Å². The molecule has 0 aromatic heterocycles. The van der Waals surface area contributed by atoms with Gasteiger partial charge in [0, 0.05) is 33.4 Å². The Morgan fingerprint density at radius 3 is 2.72 bits per heavy atom. The van der Waals surface area contributed by atoms with Crippen molar-refractivity contribution in [2.75, 3.05) is 46.6 Å². The van der Waals surface area contributed by atoms with Crippen LogP contribution in [0.15, 0.2) is 27.7 Å². The number of aliphatic imine (C=N–C) groups is 1. The van der Waals surface area contributed by atoms with E-state index in [1.807, 2.05) is 6.92 Å². The summed E-state index contributed by atoms with van der Waals surface area (Å²) in [5.41, 5.74) is 1.07. The van der Waals surface area contributed by atoms with Gasteiger partial charge in [0.05, 0.1) is 17.7 Å². The maximum Gasteiger partial charge on any atom is 0.191 e. The first-order valence-corrected chi connectivity index (χ1v) is 8.99. The van der Waals surface area contributed by atoms with Gasteiger partial charge in [0.25, 0.3) is 0 Å². The molecule has 8 heteroatoms. The van der Waals surface area contributed by atoms with Crippen LogP contribution in [0.1, 0.15) is 18.9 Å². The fourth-order valence-corrected chi connectivity index (χ4v) is 2.39. The lowest BCUT2D eigenvalue weighted by atomic mass is 10.1. The molecule has 0 saturated heterocycles. The molecule has 25 heavy (non-hydrogen) atoms. The van der Waals surface area contributed by atoms with Gasteiger partial charge in [-0.05, 0) is 53.4 Å². The zero-order chi connectivity index (χ0) is 17.6. The topological polar surface area (TPSA) is 54.9 Å². The van der Waals surface area contributed by atoms with Crippen LogP contribution in [0.25, 0.3) is 0 Å². The first-order chi connectivity index (χ1) is 11.7. The minimum absolute atomic E-state index is 0. The quantitative estimate of drug-likeness (QED) is 0.199. The van der Waals surface area contributed by atoms with E-state index in [1.54, 1.807) is 19.2 Å². The maximum absolute atomic E-state index is 13.2. The molecule has 1 rings (SSSR count). The molecule has 0 fully saturated rings. The first kappa shape index (κ1) is 24.6. The highest BCUT2D eigenvalue weighted by Crippen LogP contribution is 2.16. The second kappa shape index (κ2) is 15.8. The van der Waals surface area contributed by atoms with Crippen LogP contribution in [0.4, 0.5) is 4.39 Å². The minimum Gasteiger partial charge on any atom is -0.382 e. The fourth-order valence-electron chi connectivity index (χ4n) is 1.96. The Morgan fingerprint density at radius 1 is 1.24 bits per heavy atom. The van der Waals surface area contributed by atoms with Crippen molar-refractivity contribution in [2.24, 2.45) is 4.99 Å². The highest BCUT2D eigenvalue weighted by Gasteiger charge is 2.01. The predicted molar refractivity (Wildman–Crippen MR) is 115 cm³/mol. The van der Waals surface area contributed by atoms with Crippen LogP contribution >= 0.6 is 39.9 Å². The molecule has 2 N–H and O–H groups in total. The van der Waals surface area contributed by atoms with Crippen molar-refractivity contribution in [3.05, 3.63) is 34.1 Å². The monoisotopic (exact) mass is 531 g/mol. The molecule has 0 aliphatic carbocycles. The van der Waals surface area contributed by atoms with Crippen LogP contribution in [-0.2, 0) is 15.9 Å². The van der Waals surface area contributed by atoms with Gasteiger partial charge in [-0.2, -0.15) is 0 Å². The molecular formula is C17H28BrFIN3O2. The molecule has 5 nitrogen and oxygen atoms in total. The molecule has 144 valence electrons. The van der Waals surface area contributed by atoms with Crippen LogP contribution in [0.5, 0.6) is 0 Å². The highest BCUT2D eigenvalue weighted by atomic mass is 127. The van der Waals surface area contributed by atoms with Crippen LogP contribution in [-0.4, -0.2) is 52.5 Å². The van der Waals surface area contributed by atoms with E-state index < -0.39 is 0 Å². The van der Waals surface area contributed by atoms with Crippen molar-refractivity contribution in [1.82, 2.24) is 10.6 Å². The lowest BCUT2D eigenvalue weighted by Gasteiger charge is -2.11. The summed E-state index contributed by atoms with van der Waals surface area (Å²) in [6.45, 7) is 6.17. The Morgan fingerprint density at radius 2 is 2.04 bits per heavy atom. The van der Waals surface area contributed by atoms with E-state index >= 15 is 0 Å². The average Bonchev–Trinajstić information content (AvgIpc) is 2.57. The van der Waals surface area contributed by atoms with E-state index in [2.05, 4.69) is 31.6 Å². The van der Waals surface area contributed by atoms with Gasteiger partial charge in [-0.25, -0.2) is 4.39 Å². The standard InChI is InChI=1S/C17H27BrFN3O2.HI/c1-3-20-17(21-8-4-10-24-12-11-23-2)22-9-7-14-5-6-16(19)15(18)13-14;/h5-6,13H,3-4,7-12H2,1-2H3,(H2,20,21,22);1H. The molecule has 0 atom stereocenters. The average molecular weight is 532 g/mol. The number of rotatable bonds is 11.